The lowest BCUT2D eigenvalue weighted by atomic mass is 10.1. The van der Waals surface area contributed by atoms with Crippen molar-refractivity contribution in [2.24, 2.45) is 17.3 Å². The number of hydrogen-bond donors (Lipinski definition) is 0. The van der Waals surface area contributed by atoms with Gasteiger partial charge in [-0.3, -0.25) is 4.79 Å². The normalized spacial score (nSPS) is 20.7. The Hall–Kier alpha value is -1.68. The Bertz CT molecular complexity index is 888. The van der Waals surface area contributed by atoms with Gasteiger partial charge in [0.15, 0.2) is 0 Å². The van der Waals surface area contributed by atoms with Gasteiger partial charge in [0, 0.05) is 9.79 Å². The summed E-state index contributed by atoms with van der Waals surface area (Å²) in [5, 5.41) is 0. The number of rotatable bonds is 7. The Morgan fingerprint density at radius 1 is 1.14 bits per heavy atom. The molecular formula is C23H22Cl2O2S. The first-order valence-corrected chi connectivity index (χ1v) is 10.6. The van der Waals surface area contributed by atoms with Gasteiger partial charge in [0.05, 0.1) is 5.92 Å². The monoisotopic (exact) mass is 432 g/mol. The number of esters is 1. The van der Waals surface area contributed by atoms with Crippen LogP contribution in [0.2, 0.25) is 0 Å². The minimum Gasteiger partial charge on any atom is -0.453 e. The third-order valence-electron chi connectivity index (χ3n) is 5.09. The molecule has 146 valence electrons. The van der Waals surface area contributed by atoms with E-state index in [9.17, 15) is 4.79 Å². The summed E-state index contributed by atoms with van der Waals surface area (Å²) in [5.41, 5.74) is 0.674. The SMILES string of the molecule is C=CC(OC(=O)C1C(C=C(Cl)Cl)C1(C)C)c1cccc(Sc2ccccc2)c1. The Labute approximate surface area is 180 Å². The molecule has 0 spiro atoms. The third-order valence-corrected chi connectivity index (χ3v) is 6.34. The van der Waals surface area contributed by atoms with Crippen LogP contribution in [0.15, 0.2) is 87.6 Å². The van der Waals surface area contributed by atoms with Crippen LogP contribution in [0.25, 0.3) is 0 Å². The summed E-state index contributed by atoms with van der Waals surface area (Å²) in [6.45, 7) is 7.87. The van der Waals surface area contributed by atoms with Gasteiger partial charge >= 0.3 is 5.97 Å². The Morgan fingerprint density at radius 2 is 1.82 bits per heavy atom. The van der Waals surface area contributed by atoms with Gasteiger partial charge < -0.3 is 4.74 Å². The molecule has 0 N–H and O–H groups in total. The Morgan fingerprint density at radius 3 is 2.46 bits per heavy atom. The Balaban J connectivity index is 1.72. The van der Waals surface area contributed by atoms with Crippen molar-refractivity contribution in [3.05, 3.63) is 83.4 Å². The second kappa shape index (κ2) is 8.77. The molecule has 0 radical (unpaired) electrons. The molecule has 2 aromatic rings. The summed E-state index contributed by atoms with van der Waals surface area (Å²) in [7, 11) is 0. The summed E-state index contributed by atoms with van der Waals surface area (Å²) >= 11 is 13.2. The van der Waals surface area contributed by atoms with Crippen LogP contribution < -0.4 is 0 Å². The number of benzene rings is 2. The van der Waals surface area contributed by atoms with Crippen LogP contribution in [0.4, 0.5) is 0 Å². The molecule has 1 aliphatic rings. The van der Waals surface area contributed by atoms with E-state index in [0.29, 0.717) is 0 Å². The molecule has 5 heteroatoms. The fourth-order valence-electron chi connectivity index (χ4n) is 3.40. The second-order valence-corrected chi connectivity index (χ2v) is 9.52. The predicted octanol–water partition coefficient (Wildman–Crippen LogP) is 7.20. The first-order chi connectivity index (χ1) is 13.3. The molecular weight excluding hydrogens is 411 g/mol. The molecule has 2 aromatic carbocycles. The molecule has 0 saturated heterocycles. The first kappa shape index (κ1) is 21.0. The zero-order chi connectivity index (χ0) is 20.3. The van der Waals surface area contributed by atoms with Crippen LogP contribution >= 0.6 is 35.0 Å². The molecule has 0 amide bonds. The van der Waals surface area contributed by atoms with E-state index >= 15 is 0 Å². The highest BCUT2D eigenvalue weighted by molar-refractivity contribution is 7.99. The molecule has 0 aromatic heterocycles. The van der Waals surface area contributed by atoms with Gasteiger partial charge in [-0.1, -0.05) is 85.7 Å². The van der Waals surface area contributed by atoms with Crippen molar-refractivity contribution in [3.63, 3.8) is 0 Å². The average Bonchev–Trinajstić information content (AvgIpc) is 3.20. The molecule has 2 nitrogen and oxygen atoms in total. The maximum absolute atomic E-state index is 12.7. The van der Waals surface area contributed by atoms with E-state index in [4.69, 9.17) is 27.9 Å². The topological polar surface area (TPSA) is 26.3 Å². The van der Waals surface area contributed by atoms with E-state index in [2.05, 4.69) is 18.7 Å². The van der Waals surface area contributed by atoms with Gasteiger partial charge in [0.2, 0.25) is 0 Å². The van der Waals surface area contributed by atoms with Gasteiger partial charge in [-0.2, -0.15) is 0 Å². The second-order valence-electron chi connectivity index (χ2n) is 7.36. The maximum Gasteiger partial charge on any atom is 0.311 e. The van der Waals surface area contributed by atoms with E-state index in [-0.39, 0.29) is 27.7 Å². The van der Waals surface area contributed by atoms with E-state index in [0.717, 1.165) is 15.4 Å². The molecule has 1 saturated carbocycles. The summed E-state index contributed by atoms with van der Waals surface area (Å²) in [4.78, 5) is 15.0. The van der Waals surface area contributed by atoms with Crippen molar-refractivity contribution < 1.29 is 9.53 Å². The van der Waals surface area contributed by atoms with Crippen LogP contribution in [0.5, 0.6) is 0 Å². The Kier molecular flexibility index (Phi) is 6.59. The summed E-state index contributed by atoms with van der Waals surface area (Å²) in [6.07, 6.45) is 2.87. The standard InChI is InChI=1S/C23H22Cl2O2S/c1-4-19(27-22(26)21-18(14-20(24)25)23(21,2)3)15-9-8-12-17(13-15)28-16-10-6-5-7-11-16/h4-14,18-19,21H,1H2,2-3H3. The number of allylic oxidation sites excluding steroid dienone is 1. The quantitative estimate of drug-likeness (QED) is 0.341. The fraction of sp³-hybridized carbons (Fsp3) is 0.261. The van der Waals surface area contributed by atoms with Crippen molar-refractivity contribution in [2.45, 2.75) is 29.7 Å². The van der Waals surface area contributed by atoms with Gasteiger partial charge in [-0.25, -0.2) is 0 Å². The molecule has 3 unspecified atom stereocenters. The van der Waals surface area contributed by atoms with Gasteiger partial charge in [0.25, 0.3) is 0 Å². The largest absolute Gasteiger partial charge is 0.453 e. The first-order valence-electron chi connectivity index (χ1n) is 9.01. The lowest BCUT2D eigenvalue weighted by molar-refractivity contribution is -0.149. The van der Waals surface area contributed by atoms with Crippen molar-refractivity contribution in [3.8, 4) is 0 Å². The van der Waals surface area contributed by atoms with Crippen LogP contribution in [-0.2, 0) is 9.53 Å². The summed E-state index contributed by atoms with van der Waals surface area (Å²) in [5.74, 6) is -0.536. The number of carbonyl (C=O) groups is 1. The fourth-order valence-corrected chi connectivity index (χ4v) is 4.58. The zero-order valence-electron chi connectivity index (χ0n) is 15.8. The van der Waals surface area contributed by atoms with E-state index in [1.54, 1.807) is 23.9 Å². The van der Waals surface area contributed by atoms with Crippen molar-refractivity contribution in [1.82, 2.24) is 0 Å². The highest BCUT2D eigenvalue weighted by Gasteiger charge is 2.61. The molecule has 1 fully saturated rings. The number of carbonyl (C=O) groups excluding carboxylic acids is 1. The molecule has 3 rings (SSSR count). The third kappa shape index (κ3) is 4.83. The van der Waals surface area contributed by atoms with Crippen LogP contribution in [0.3, 0.4) is 0 Å². The molecule has 0 bridgehead atoms. The zero-order valence-corrected chi connectivity index (χ0v) is 18.1. The van der Waals surface area contributed by atoms with Crippen LogP contribution in [-0.4, -0.2) is 5.97 Å². The van der Waals surface area contributed by atoms with Crippen molar-refractivity contribution >= 4 is 40.9 Å². The highest BCUT2D eigenvalue weighted by atomic mass is 35.5. The van der Waals surface area contributed by atoms with Crippen molar-refractivity contribution in [1.29, 1.82) is 0 Å². The smallest absolute Gasteiger partial charge is 0.311 e. The average molecular weight is 433 g/mol. The van der Waals surface area contributed by atoms with Gasteiger partial charge in [-0.05, 0) is 53.3 Å². The lowest BCUT2D eigenvalue weighted by Gasteiger charge is -2.16. The molecule has 28 heavy (non-hydrogen) atoms. The van der Waals surface area contributed by atoms with E-state index in [1.165, 1.54) is 0 Å². The van der Waals surface area contributed by atoms with Crippen LogP contribution in [0, 0.1) is 17.3 Å². The number of hydrogen-bond acceptors (Lipinski definition) is 3. The minimum atomic E-state index is -0.503. The van der Waals surface area contributed by atoms with Crippen molar-refractivity contribution in [2.75, 3.05) is 0 Å². The van der Waals surface area contributed by atoms with E-state index in [1.807, 2.05) is 56.3 Å². The van der Waals surface area contributed by atoms with Crippen LogP contribution in [0.1, 0.15) is 25.5 Å². The number of halogens is 2. The van der Waals surface area contributed by atoms with Gasteiger partial charge in [-0.15, -0.1) is 0 Å². The molecule has 3 atom stereocenters. The molecule has 0 aliphatic heterocycles. The summed E-state index contributed by atoms with van der Waals surface area (Å²) in [6, 6.07) is 18.1. The lowest BCUT2D eigenvalue weighted by Crippen LogP contribution is -2.14. The minimum absolute atomic E-state index is 0.0181. The molecule has 1 aliphatic carbocycles. The summed E-state index contributed by atoms with van der Waals surface area (Å²) < 4.78 is 5.96. The predicted molar refractivity (Wildman–Crippen MR) is 117 cm³/mol. The maximum atomic E-state index is 12.7. The highest BCUT2D eigenvalue weighted by Crippen LogP contribution is 2.60. The van der Waals surface area contributed by atoms with E-state index < -0.39 is 6.10 Å². The van der Waals surface area contributed by atoms with Gasteiger partial charge in [0.1, 0.15) is 10.6 Å². The number of ether oxygens (including phenoxy) is 1. The molecule has 0 heterocycles.